The van der Waals surface area contributed by atoms with Gasteiger partial charge in [0, 0.05) is 5.69 Å². The van der Waals surface area contributed by atoms with Crippen LogP contribution in [0.3, 0.4) is 0 Å². The first-order valence-electron chi connectivity index (χ1n) is 11.9. The van der Waals surface area contributed by atoms with Crippen LogP contribution in [0.1, 0.15) is 40.2 Å². The zero-order valence-electron chi connectivity index (χ0n) is 19.7. The van der Waals surface area contributed by atoms with Crippen LogP contribution >= 0.6 is 0 Å². The van der Waals surface area contributed by atoms with E-state index in [9.17, 15) is 9.59 Å². The molecular formula is C31H23NO4. The molecule has 0 saturated heterocycles. The van der Waals surface area contributed by atoms with Gasteiger partial charge in [-0.2, -0.15) is 0 Å². The summed E-state index contributed by atoms with van der Waals surface area (Å²) in [6, 6.07) is 31.2. The predicted molar refractivity (Wildman–Crippen MR) is 140 cm³/mol. The Kier molecular flexibility index (Phi) is 5.38. The van der Waals surface area contributed by atoms with Crippen molar-refractivity contribution in [3.63, 3.8) is 0 Å². The van der Waals surface area contributed by atoms with Gasteiger partial charge in [-0.25, -0.2) is 0 Å². The van der Waals surface area contributed by atoms with Crippen LogP contribution in [0.2, 0.25) is 0 Å². The van der Waals surface area contributed by atoms with Crippen LogP contribution in [-0.2, 0) is 6.42 Å². The molecule has 36 heavy (non-hydrogen) atoms. The number of anilines is 1. The molecule has 1 aliphatic heterocycles. The molecule has 2 heterocycles. The lowest BCUT2D eigenvalue weighted by Crippen LogP contribution is -2.29. The molecule has 1 unspecified atom stereocenters. The van der Waals surface area contributed by atoms with Crippen LogP contribution in [-0.4, -0.2) is 5.91 Å². The molecule has 1 amide bonds. The molecule has 5 nitrogen and oxygen atoms in total. The Hall–Kier alpha value is -4.64. The van der Waals surface area contributed by atoms with Gasteiger partial charge in [-0.15, -0.1) is 0 Å². The number of carbonyl (C=O) groups is 1. The predicted octanol–water partition coefficient (Wildman–Crippen LogP) is 6.90. The van der Waals surface area contributed by atoms with E-state index >= 15 is 0 Å². The molecule has 5 heteroatoms. The monoisotopic (exact) mass is 473 g/mol. The van der Waals surface area contributed by atoms with Crippen LogP contribution in [0.15, 0.2) is 112 Å². The number of carbonyl (C=O) groups excluding carboxylic acids is 1. The first-order valence-corrected chi connectivity index (χ1v) is 11.9. The van der Waals surface area contributed by atoms with E-state index in [1.165, 1.54) is 0 Å². The van der Waals surface area contributed by atoms with E-state index in [1.54, 1.807) is 29.2 Å². The van der Waals surface area contributed by atoms with Crippen molar-refractivity contribution in [3.05, 3.63) is 136 Å². The topological polar surface area (TPSA) is 59.8 Å². The van der Waals surface area contributed by atoms with Crippen molar-refractivity contribution in [1.82, 2.24) is 0 Å². The molecule has 0 fully saturated rings. The van der Waals surface area contributed by atoms with Gasteiger partial charge in [0.15, 0.2) is 5.43 Å². The summed E-state index contributed by atoms with van der Waals surface area (Å²) < 4.78 is 12.1. The number of aryl methyl sites for hydroxylation is 1. The van der Waals surface area contributed by atoms with E-state index in [4.69, 9.17) is 9.15 Å². The zero-order chi connectivity index (χ0) is 24.6. The normalized spacial score (nSPS) is 14.8. The molecule has 0 bridgehead atoms. The Morgan fingerprint density at radius 3 is 2.31 bits per heavy atom. The Morgan fingerprint density at radius 2 is 1.53 bits per heavy atom. The molecule has 0 N–H and O–H groups in total. The van der Waals surface area contributed by atoms with Gasteiger partial charge in [0.1, 0.15) is 17.1 Å². The van der Waals surface area contributed by atoms with Crippen LogP contribution in [0.5, 0.6) is 11.5 Å². The lowest BCUT2D eigenvalue weighted by Gasteiger charge is -2.25. The summed E-state index contributed by atoms with van der Waals surface area (Å²) in [5, 5.41) is 0.453. The van der Waals surface area contributed by atoms with E-state index in [1.807, 2.05) is 78.9 Å². The summed E-state index contributed by atoms with van der Waals surface area (Å²) in [5.74, 6) is 1.07. The maximum absolute atomic E-state index is 13.8. The molecule has 0 radical (unpaired) electrons. The Morgan fingerprint density at radius 1 is 0.806 bits per heavy atom. The highest BCUT2D eigenvalue weighted by Gasteiger charge is 2.43. The van der Waals surface area contributed by atoms with Gasteiger partial charge in [-0.1, -0.05) is 61.5 Å². The summed E-state index contributed by atoms with van der Waals surface area (Å²) in [4.78, 5) is 29.2. The number of amides is 1. The van der Waals surface area contributed by atoms with Gasteiger partial charge >= 0.3 is 0 Å². The minimum absolute atomic E-state index is 0.0812. The third-order valence-electron chi connectivity index (χ3n) is 6.55. The van der Waals surface area contributed by atoms with E-state index < -0.39 is 6.04 Å². The summed E-state index contributed by atoms with van der Waals surface area (Å²) in [7, 11) is 0. The number of para-hydroxylation sites is 2. The molecule has 1 aliphatic rings. The number of rotatable bonds is 5. The fraction of sp³-hybridized carbons (Fsp3) is 0.0968. The second-order valence-corrected chi connectivity index (χ2v) is 8.76. The number of fused-ring (bicyclic) bond motifs is 2. The number of nitrogens with zero attached hydrogens (tertiary/aromatic N) is 1. The van der Waals surface area contributed by atoms with Crippen molar-refractivity contribution in [2.75, 3.05) is 4.90 Å². The lowest BCUT2D eigenvalue weighted by molar-refractivity contribution is 0.0971. The van der Waals surface area contributed by atoms with E-state index in [0.29, 0.717) is 33.7 Å². The number of hydrogen-bond donors (Lipinski definition) is 0. The standard InChI is InChI=1S/C31H23NO4/c1-2-20-15-17-22(18-16-20)32-28(21-9-8-12-24(19-21)35-23-10-4-3-5-11-23)27-29(33)25-13-6-7-14-26(25)36-30(27)31(32)34/h3-19,28H,2H2,1H3. The van der Waals surface area contributed by atoms with Crippen molar-refractivity contribution in [3.8, 4) is 11.5 Å². The fourth-order valence-electron chi connectivity index (χ4n) is 4.77. The largest absolute Gasteiger partial charge is 0.457 e. The average molecular weight is 474 g/mol. The molecule has 1 aromatic heterocycles. The van der Waals surface area contributed by atoms with Crippen molar-refractivity contribution in [2.45, 2.75) is 19.4 Å². The van der Waals surface area contributed by atoms with E-state index in [0.717, 1.165) is 17.5 Å². The van der Waals surface area contributed by atoms with Gasteiger partial charge in [0.25, 0.3) is 5.91 Å². The Bertz CT molecular complexity index is 1640. The SMILES string of the molecule is CCc1ccc(N2C(=O)c3oc4ccccc4c(=O)c3C2c2cccc(Oc3ccccc3)c2)cc1. The van der Waals surface area contributed by atoms with Gasteiger partial charge in [-0.05, 0) is 66.1 Å². The molecular weight excluding hydrogens is 450 g/mol. The zero-order valence-corrected chi connectivity index (χ0v) is 19.7. The van der Waals surface area contributed by atoms with Crippen molar-refractivity contribution < 1.29 is 13.9 Å². The van der Waals surface area contributed by atoms with E-state index in [-0.39, 0.29) is 17.1 Å². The third-order valence-corrected chi connectivity index (χ3v) is 6.55. The van der Waals surface area contributed by atoms with Crippen molar-refractivity contribution in [2.24, 2.45) is 0 Å². The first kappa shape index (κ1) is 21.9. The van der Waals surface area contributed by atoms with Gasteiger partial charge in [-0.3, -0.25) is 14.5 Å². The lowest BCUT2D eigenvalue weighted by atomic mass is 9.98. The molecule has 1 atom stereocenters. The Balaban J connectivity index is 1.53. The highest BCUT2D eigenvalue weighted by Crippen LogP contribution is 2.42. The highest BCUT2D eigenvalue weighted by molar-refractivity contribution is 6.10. The smallest absolute Gasteiger partial charge is 0.295 e. The maximum Gasteiger partial charge on any atom is 0.295 e. The number of hydrogen-bond acceptors (Lipinski definition) is 4. The molecule has 0 saturated carbocycles. The first-order chi connectivity index (χ1) is 17.6. The number of benzene rings is 4. The fourth-order valence-corrected chi connectivity index (χ4v) is 4.77. The van der Waals surface area contributed by atoms with Gasteiger partial charge in [0.05, 0.1) is 17.0 Å². The maximum atomic E-state index is 13.8. The van der Waals surface area contributed by atoms with Gasteiger partial charge < -0.3 is 9.15 Å². The van der Waals surface area contributed by atoms with Crippen LogP contribution < -0.4 is 15.1 Å². The average Bonchev–Trinajstić information content (AvgIpc) is 3.22. The van der Waals surface area contributed by atoms with Gasteiger partial charge in [0.2, 0.25) is 5.76 Å². The molecule has 176 valence electrons. The van der Waals surface area contributed by atoms with Crippen LogP contribution in [0.4, 0.5) is 5.69 Å². The molecule has 6 rings (SSSR count). The molecule has 0 aliphatic carbocycles. The summed E-state index contributed by atoms with van der Waals surface area (Å²) in [6.07, 6.45) is 0.891. The Labute approximate surface area is 208 Å². The molecule has 4 aromatic carbocycles. The highest BCUT2D eigenvalue weighted by atomic mass is 16.5. The quantitative estimate of drug-likeness (QED) is 0.279. The minimum Gasteiger partial charge on any atom is -0.457 e. The number of ether oxygens (including phenoxy) is 1. The molecule has 0 spiro atoms. The third kappa shape index (κ3) is 3.66. The van der Waals surface area contributed by atoms with Crippen LogP contribution in [0.25, 0.3) is 11.0 Å². The summed E-state index contributed by atoms with van der Waals surface area (Å²) in [6.45, 7) is 2.08. The summed E-state index contributed by atoms with van der Waals surface area (Å²) in [5.41, 5.74) is 3.17. The summed E-state index contributed by atoms with van der Waals surface area (Å²) >= 11 is 0. The minimum atomic E-state index is -0.653. The van der Waals surface area contributed by atoms with E-state index in [2.05, 4.69) is 6.92 Å². The second kappa shape index (κ2) is 8.86. The van der Waals surface area contributed by atoms with Crippen molar-refractivity contribution >= 4 is 22.6 Å². The van der Waals surface area contributed by atoms with Crippen LogP contribution in [0, 0.1) is 0 Å². The molecule has 5 aromatic rings. The van der Waals surface area contributed by atoms with Crippen molar-refractivity contribution in [1.29, 1.82) is 0 Å². The second-order valence-electron chi connectivity index (χ2n) is 8.76.